The number of nitrogens with zero attached hydrogens (tertiary/aromatic N) is 2. The predicted octanol–water partition coefficient (Wildman–Crippen LogP) is 3.88. The summed E-state index contributed by atoms with van der Waals surface area (Å²) in [4.78, 5) is 15.9. The third-order valence-electron chi connectivity index (χ3n) is 2.98. The van der Waals surface area contributed by atoms with Crippen molar-refractivity contribution < 1.29 is 9.53 Å². The van der Waals surface area contributed by atoms with E-state index in [0.29, 0.717) is 31.9 Å². The van der Waals surface area contributed by atoms with Crippen LogP contribution in [0.1, 0.15) is 25.6 Å². The molecule has 1 heterocycles. The number of aromatic nitrogens is 2. The lowest BCUT2D eigenvalue weighted by Gasteiger charge is -2.07. The standard InChI is InChI=1S/C14H16BrClN2O2/c1-2-20-14(19)4-3-7-18-12-6-5-10(15)8-11(12)17-13(18)9-16/h5-6,8H,2-4,7,9H2,1H3. The van der Waals surface area contributed by atoms with Gasteiger partial charge in [-0.25, -0.2) is 4.98 Å². The average molecular weight is 360 g/mol. The predicted molar refractivity (Wildman–Crippen MR) is 82.9 cm³/mol. The van der Waals surface area contributed by atoms with Gasteiger partial charge in [0.2, 0.25) is 0 Å². The number of benzene rings is 1. The van der Waals surface area contributed by atoms with Crippen molar-refractivity contribution in [2.24, 2.45) is 0 Å². The van der Waals surface area contributed by atoms with Crippen molar-refractivity contribution in [3.8, 4) is 0 Å². The molecule has 0 atom stereocenters. The Balaban J connectivity index is 2.14. The quantitative estimate of drug-likeness (QED) is 0.581. The molecule has 4 nitrogen and oxygen atoms in total. The molecule has 0 radical (unpaired) electrons. The van der Waals surface area contributed by atoms with Crippen LogP contribution in [-0.4, -0.2) is 22.1 Å². The molecule has 2 aromatic rings. The summed E-state index contributed by atoms with van der Waals surface area (Å²) < 4.78 is 7.98. The molecule has 0 amide bonds. The number of hydrogen-bond acceptors (Lipinski definition) is 3. The van der Waals surface area contributed by atoms with Crippen molar-refractivity contribution in [3.05, 3.63) is 28.5 Å². The Kier molecular flexibility index (Phi) is 5.43. The third kappa shape index (κ3) is 3.52. The highest BCUT2D eigenvalue weighted by molar-refractivity contribution is 9.10. The largest absolute Gasteiger partial charge is 0.466 e. The Morgan fingerprint density at radius 2 is 2.30 bits per heavy atom. The zero-order chi connectivity index (χ0) is 14.5. The van der Waals surface area contributed by atoms with Crippen LogP contribution in [0.5, 0.6) is 0 Å². The van der Waals surface area contributed by atoms with Gasteiger partial charge >= 0.3 is 5.97 Å². The minimum Gasteiger partial charge on any atom is -0.466 e. The van der Waals surface area contributed by atoms with E-state index in [1.165, 1.54) is 0 Å². The van der Waals surface area contributed by atoms with Gasteiger partial charge in [-0.05, 0) is 31.5 Å². The van der Waals surface area contributed by atoms with E-state index in [0.717, 1.165) is 21.3 Å². The summed E-state index contributed by atoms with van der Waals surface area (Å²) in [6.45, 7) is 2.94. The van der Waals surface area contributed by atoms with Gasteiger partial charge in [-0.1, -0.05) is 15.9 Å². The Morgan fingerprint density at radius 3 is 3.00 bits per heavy atom. The number of halogens is 2. The Bertz CT molecular complexity index is 612. The summed E-state index contributed by atoms with van der Waals surface area (Å²) in [5.74, 6) is 1.02. The number of aryl methyl sites for hydroxylation is 1. The topological polar surface area (TPSA) is 44.1 Å². The van der Waals surface area contributed by atoms with Gasteiger partial charge in [0.1, 0.15) is 5.82 Å². The summed E-state index contributed by atoms with van der Waals surface area (Å²) in [6, 6.07) is 5.95. The van der Waals surface area contributed by atoms with Crippen molar-refractivity contribution in [1.82, 2.24) is 9.55 Å². The number of rotatable bonds is 6. The molecule has 0 saturated carbocycles. The first-order valence-electron chi connectivity index (χ1n) is 6.52. The monoisotopic (exact) mass is 358 g/mol. The number of carbonyl (C=O) groups excluding carboxylic acids is 1. The average Bonchev–Trinajstić information content (AvgIpc) is 2.76. The SMILES string of the molecule is CCOC(=O)CCCn1c(CCl)nc2cc(Br)ccc21. The van der Waals surface area contributed by atoms with Crippen molar-refractivity contribution in [2.45, 2.75) is 32.2 Å². The van der Waals surface area contributed by atoms with Crippen LogP contribution < -0.4 is 0 Å². The minimum absolute atomic E-state index is 0.160. The molecule has 0 aliphatic heterocycles. The van der Waals surface area contributed by atoms with Crippen LogP contribution in [0.25, 0.3) is 11.0 Å². The maximum absolute atomic E-state index is 11.4. The van der Waals surface area contributed by atoms with Gasteiger partial charge < -0.3 is 9.30 Å². The van der Waals surface area contributed by atoms with Crippen LogP contribution in [-0.2, 0) is 22.0 Å². The smallest absolute Gasteiger partial charge is 0.305 e. The molecule has 0 spiro atoms. The van der Waals surface area contributed by atoms with Crippen molar-refractivity contribution in [1.29, 1.82) is 0 Å². The Morgan fingerprint density at radius 1 is 1.50 bits per heavy atom. The number of ether oxygens (including phenoxy) is 1. The van der Waals surface area contributed by atoms with Crippen LogP contribution in [0.4, 0.5) is 0 Å². The lowest BCUT2D eigenvalue weighted by atomic mass is 10.3. The lowest BCUT2D eigenvalue weighted by molar-refractivity contribution is -0.143. The molecule has 0 fully saturated rings. The van der Waals surface area contributed by atoms with Crippen LogP contribution in [0.3, 0.4) is 0 Å². The number of imidazole rings is 1. The molecule has 20 heavy (non-hydrogen) atoms. The molecule has 1 aromatic carbocycles. The Labute approximate surface area is 131 Å². The van der Waals surface area contributed by atoms with Crippen LogP contribution in [0.15, 0.2) is 22.7 Å². The molecule has 0 saturated heterocycles. The van der Waals surface area contributed by atoms with Crippen LogP contribution in [0, 0.1) is 0 Å². The second-order valence-corrected chi connectivity index (χ2v) is 5.54. The first-order valence-corrected chi connectivity index (χ1v) is 7.84. The third-order valence-corrected chi connectivity index (χ3v) is 3.71. The van der Waals surface area contributed by atoms with E-state index in [1.54, 1.807) is 0 Å². The van der Waals surface area contributed by atoms with Gasteiger partial charge in [0, 0.05) is 17.4 Å². The maximum atomic E-state index is 11.4. The molecule has 0 N–H and O–H groups in total. The molecular formula is C14H16BrClN2O2. The van der Waals surface area contributed by atoms with Gasteiger partial charge in [0.05, 0.1) is 23.5 Å². The normalized spacial score (nSPS) is 10.9. The van der Waals surface area contributed by atoms with Gasteiger partial charge in [-0.3, -0.25) is 4.79 Å². The number of fused-ring (bicyclic) bond motifs is 1. The molecule has 0 bridgehead atoms. The van der Waals surface area contributed by atoms with Gasteiger partial charge in [0.15, 0.2) is 0 Å². The first-order chi connectivity index (χ1) is 9.65. The lowest BCUT2D eigenvalue weighted by Crippen LogP contribution is -2.08. The molecule has 0 unspecified atom stereocenters. The zero-order valence-corrected chi connectivity index (χ0v) is 13.6. The second kappa shape index (κ2) is 7.09. The summed E-state index contributed by atoms with van der Waals surface area (Å²) in [6.07, 6.45) is 1.12. The molecule has 0 aliphatic carbocycles. The second-order valence-electron chi connectivity index (χ2n) is 4.35. The van der Waals surface area contributed by atoms with Crippen LogP contribution >= 0.6 is 27.5 Å². The fourth-order valence-corrected chi connectivity index (χ4v) is 2.67. The molecule has 1 aromatic heterocycles. The summed E-state index contributed by atoms with van der Waals surface area (Å²) in [5.41, 5.74) is 1.94. The van der Waals surface area contributed by atoms with Crippen molar-refractivity contribution >= 4 is 44.5 Å². The van der Waals surface area contributed by atoms with E-state index in [9.17, 15) is 4.79 Å². The number of esters is 1. The molecule has 6 heteroatoms. The summed E-state index contributed by atoms with van der Waals surface area (Å²) in [5, 5.41) is 0. The first kappa shape index (κ1) is 15.3. The van der Waals surface area contributed by atoms with E-state index in [-0.39, 0.29) is 5.97 Å². The summed E-state index contributed by atoms with van der Waals surface area (Å²) >= 11 is 9.38. The van der Waals surface area contributed by atoms with Gasteiger partial charge in [-0.15, -0.1) is 11.6 Å². The number of hydrogen-bond donors (Lipinski definition) is 0. The minimum atomic E-state index is -0.160. The van der Waals surface area contributed by atoms with Gasteiger partial charge in [-0.2, -0.15) is 0 Å². The van der Waals surface area contributed by atoms with E-state index in [1.807, 2.05) is 25.1 Å². The molecule has 108 valence electrons. The van der Waals surface area contributed by atoms with E-state index in [4.69, 9.17) is 16.3 Å². The van der Waals surface area contributed by atoms with Crippen LogP contribution in [0.2, 0.25) is 0 Å². The molecule has 2 rings (SSSR count). The van der Waals surface area contributed by atoms with Gasteiger partial charge in [0.25, 0.3) is 0 Å². The van der Waals surface area contributed by atoms with Crippen molar-refractivity contribution in [2.75, 3.05) is 6.61 Å². The maximum Gasteiger partial charge on any atom is 0.305 e. The fourth-order valence-electron chi connectivity index (χ4n) is 2.12. The number of carbonyl (C=O) groups is 1. The molecular weight excluding hydrogens is 344 g/mol. The zero-order valence-electron chi connectivity index (χ0n) is 11.2. The fraction of sp³-hybridized carbons (Fsp3) is 0.429. The highest BCUT2D eigenvalue weighted by Gasteiger charge is 2.11. The Hall–Kier alpha value is -1.07. The molecule has 0 aliphatic rings. The summed E-state index contributed by atoms with van der Waals surface area (Å²) in [7, 11) is 0. The van der Waals surface area contributed by atoms with E-state index >= 15 is 0 Å². The van der Waals surface area contributed by atoms with Crippen molar-refractivity contribution in [3.63, 3.8) is 0 Å². The highest BCUT2D eigenvalue weighted by Crippen LogP contribution is 2.22. The van der Waals surface area contributed by atoms with E-state index < -0.39 is 0 Å². The number of alkyl halides is 1. The highest BCUT2D eigenvalue weighted by atomic mass is 79.9. The van der Waals surface area contributed by atoms with E-state index in [2.05, 4.69) is 25.5 Å².